The Morgan fingerprint density at radius 1 is 1.43 bits per heavy atom. The van der Waals surface area contributed by atoms with E-state index in [4.69, 9.17) is 4.74 Å². The Kier molecular flexibility index (Phi) is 2.69. The molecule has 2 heterocycles. The van der Waals surface area contributed by atoms with Crippen molar-refractivity contribution in [2.24, 2.45) is 0 Å². The highest BCUT2D eigenvalue weighted by Gasteiger charge is 2.18. The molecule has 5 nitrogen and oxygen atoms in total. The molecule has 1 aliphatic heterocycles. The van der Waals surface area contributed by atoms with Crippen LogP contribution < -0.4 is 0 Å². The second kappa shape index (κ2) is 4.15. The number of carbonyl (C=O) groups excluding carboxylic acids is 1. The fourth-order valence-electron chi connectivity index (χ4n) is 1.35. The monoisotopic (exact) mass is 193 g/mol. The predicted molar refractivity (Wildman–Crippen MR) is 48.8 cm³/mol. The van der Waals surface area contributed by atoms with Crippen LogP contribution in [0.1, 0.15) is 10.5 Å². The lowest BCUT2D eigenvalue weighted by molar-refractivity contribution is 0.0299. The van der Waals surface area contributed by atoms with Crippen molar-refractivity contribution in [1.29, 1.82) is 0 Å². The number of hydrogen-bond acceptors (Lipinski definition) is 4. The van der Waals surface area contributed by atoms with Crippen LogP contribution in [0.25, 0.3) is 0 Å². The van der Waals surface area contributed by atoms with Crippen molar-refractivity contribution < 1.29 is 9.53 Å². The maximum Gasteiger partial charge on any atom is 0.272 e. The maximum atomic E-state index is 11.8. The third-order valence-corrected chi connectivity index (χ3v) is 2.10. The first-order valence-corrected chi connectivity index (χ1v) is 4.51. The normalized spacial score (nSPS) is 16.7. The van der Waals surface area contributed by atoms with Crippen LogP contribution in [0, 0.1) is 0 Å². The standard InChI is InChI=1S/C9H11N3O2/c13-9(8-1-2-10-7-11-8)12-3-5-14-6-4-12/h1-2,7H,3-6H2. The van der Waals surface area contributed by atoms with Gasteiger partial charge < -0.3 is 9.64 Å². The molecular weight excluding hydrogens is 182 g/mol. The Morgan fingerprint density at radius 3 is 2.86 bits per heavy atom. The number of rotatable bonds is 1. The van der Waals surface area contributed by atoms with E-state index in [0.29, 0.717) is 32.0 Å². The van der Waals surface area contributed by atoms with Gasteiger partial charge in [0.25, 0.3) is 5.91 Å². The average Bonchev–Trinajstić information content (AvgIpc) is 2.30. The van der Waals surface area contributed by atoms with Crippen molar-refractivity contribution in [2.45, 2.75) is 0 Å². The molecule has 0 unspecified atom stereocenters. The fraction of sp³-hybridized carbons (Fsp3) is 0.444. The number of amides is 1. The highest BCUT2D eigenvalue weighted by molar-refractivity contribution is 5.92. The van der Waals surface area contributed by atoms with Gasteiger partial charge in [-0.15, -0.1) is 0 Å². The molecule has 0 bridgehead atoms. The molecule has 0 atom stereocenters. The van der Waals surface area contributed by atoms with E-state index >= 15 is 0 Å². The van der Waals surface area contributed by atoms with Gasteiger partial charge in [0.2, 0.25) is 0 Å². The van der Waals surface area contributed by atoms with Gasteiger partial charge >= 0.3 is 0 Å². The highest BCUT2D eigenvalue weighted by Crippen LogP contribution is 2.03. The van der Waals surface area contributed by atoms with Gasteiger partial charge in [-0.3, -0.25) is 4.79 Å². The number of hydrogen-bond donors (Lipinski definition) is 0. The SMILES string of the molecule is O=C(c1ccncn1)N1CCOCC1. The Hall–Kier alpha value is -1.49. The second-order valence-electron chi connectivity index (χ2n) is 3.00. The molecule has 0 N–H and O–H groups in total. The molecule has 2 rings (SSSR count). The molecule has 1 aromatic heterocycles. The summed E-state index contributed by atoms with van der Waals surface area (Å²) < 4.78 is 5.16. The van der Waals surface area contributed by atoms with Crippen LogP contribution in [0.4, 0.5) is 0 Å². The molecule has 0 aromatic carbocycles. The van der Waals surface area contributed by atoms with Gasteiger partial charge in [-0.2, -0.15) is 0 Å². The van der Waals surface area contributed by atoms with Crippen molar-refractivity contribution in [1.82, 2.24) is 14.9 Å². The third-order valence-electron chi connectivity index (χ3n) is 2.10. The molecule has 1 aromatic rings. The zero-order valence-corrected chi connectivity index (χ0v) is 7.72. The lowest BCUT2D eigenvalue weighted by Crippen LogP contribution is -2.41. The largest absolute Gasteiger partial charge is 0.378 e. The topological polar surface area (TPSA) is 55.3 Å². The van der Waals surface area contributed by atoms with E-state index < -0.39 is 0 Å². The smallest absolute Gasteiger partial charge is 0.272 e. The zero-order valence-electron chi connectivity index (χ0n) is 7.72. The summed E-state index contributed by atoms with van der Waals surface area (Å²) in [6, 6.07) is 1.62. The van der Waals surface area contributed by atoms with Gasteiger partial charge in [-0.05, 0) is 6.07 Å². The molecule has 74 valence electrons. The molecule has 5 heteroatoms. The number of aromatic nitrogens is 2. The summed E-state index contributed by atoms with van der Waals surface area (Å²) in [5, 5.41) is 0. The van der Waals surface area contributed by atoms with Crippen LogP contribution in [-0.2, 0) is 4.74 Å². The maximum absolute atomic E-state index is 11.8. The average molecular weight is 193 g/mol. The molecule has 1 fully saturated rings. The number of nitrogens with zero attached hydrogens (tertiary/aromatic N) is 3. The van der Waals surface area contributed by atoms with Crippen LogP contribution >= 0.6 is 0 Å². The zero-order chi connectivity index (χ0) is 9.80. The van der Waals surface area contributed by atoms with Crippen LogP contribution in [0.5, 0.6) is 0 Å². The first-order valence-electron chi connectivity index (χ1n) is 4.51. The van der Waals surface area contributed by atoms with Gasteiger partial charge in [-0.1, -0.05) is 0 Å². The van der Waals surface area contributed by atoms with E-state index in [1.54, 1.807) is 17.2 Å². The summed E-state index contributed by atoms with van der Waals surface area (Å²) in [6.07, 6.45) is 2.95. The summed E-state index contributed by atoms with van der Waals surface area (Å²) in [5.41, 5.74) is 0.446. The van der Waals surface area contributed by atoms with Gasteiger partial charge in [0, 0.05) is 19.3 Å². The molecule has 0 radical (unpaired) electrons. The van der Waals surface area contributed by atoms with Crippen LogP contribution in [0.2, 0.25) is 0 Å². The minimum atomic E-state index is -0.0456. The predicted octanol–water partition coefficient (Wildman–Crippen LogP) is -0.0510. The van der Waals surface area contributed by atoms with Crippen LogP contribution in [0.15, 0.2) is 18.6 Å². The quantitative estimate of drug-likeness (QED) is 0.627. The van der Waals surface area contributed by atoms with E-state index in [1.165, 1.54) is 6.33 Å². The first kappa shape index (κ1) is 9.08. The van der Waals surface area contributed by atoms with E-state index in [9.17, 15) is 4.79 Å². The van der Waals surface area contributed by atoms with Gasteiger partial charge in [0.05, 0.1) is 13.2 Å². The number of morpholine rings is 1. The molecule has 0 spiro atoms. The van der Waals surface area contributed by atoms with E-state index in [1.807, 2.05) is 0 Å². The van der Waals surface area contributed by atoms with Gasteiger partial charge in [-0.25, -0.2) is 9.97 Å². The molecule has 1 amide bonds. The second-order valence-corrected chi connectivity index (χ2v) is 3.00. The Morgan fingerprint density at radius 2 is 2.21 bits per heavy atom. The van der Waals surface area contributed by atoms with Crippen molar-refractivity contribution in [3.8, 4) is 0 Å². The third kappa shape index (κ3) is 1.88. The van der Waals surface area contributed by atoms with E-state index in [2.05, 4.69) is 9.97 Å². The van der Waals surface area contributed by atoms with E-state index in [0.717, 1.165) is 0 Å². The van der Waals surface area contributed by atoms with E-state index in [-0.39, 0.29) is 5.91 Å². The van der Waals surface area contributed by atoms with Crippen molar-refractivity contribution in [3.05, 3.63) is 24.3 Å². The first-order chi connectivity index (χ1) is 6.88. The lowest BCUT2D eigenvalue weighted by Gasteiger charge is -2.26. The summed E-state index contributed by atoms with van der Waals surface area (Å²) >= 11 is 0. The molecular formula is C9H11N3O2. The molecule has 14 heavy (non-hydrogen) atoms. The highest BCUT2D eigenvalue weighted by atomic mass is 16.5. The van der Waals surface area contributed by atoms with Crippen molar-refractivity contribution >= 4 is 5.91 Å². The lowest BCUT2D eigenvalue weighted by atomic mass is 10.3. The van der Waals surface area contributed by atoms with Crippen LogP contribution in [0.3, 0.4) is 0 Å². The molecule has 1 saturated heterocycles. The molecule has 0 saturated carbocycles. The van der Waals surface area contributed by atoms with Gasteiger partial charge in [0.1, 0.15) is 12.0 Å². The summed E-state index contributed by atoms with van der Waals surface area (Å²) in [6.45, 7) is 2.50. The minimum absolute atomic E-state index is 0.0456. The summed E-state index contributed by atoms with van der Waals surface area (Å²) in [7, 11) is 0. The Bertz CT molecular complexity index is 309. The summed E-state index contributed by atoms with van der Waals surface area (Å²) in [5.74, 6) is -0.0456. The Balaban J connectivity index is 2.07. The molecule has 1 aliphatic rings. The molecule has 0 aliphatic carbocycles. The van der Waals surface area contributed by atoms with Crippen molar-refractivity contribution in [3.63, 3.8) is 0 Å². The summed E-state index contributed by atoms with van der Waals surface area (Å²) in [4.78, 5) is 21.2. The fourth-order valence-corrected chi connectivity index (χ4v) is 1.35. The Labute approximate surface area is 81.7 Å². The van der Waals surface area contributed by atoms with Crippen molar-refractivity contribution in [2.75, 3.05) is 26.3 Å². The van der Waals surface area contributed by atoms with Gasteiger partial charge in [0.15, 0.2) is 0 Å². The minimum Gasteiger partial charge on any atom is -0.378 e. The number of ether oxygens (including phenoxy) is 1. The van der Waals surface area contributed by atoms with Crippen LogP contribution in [-0.4, -0.2) is 47.1 Å². The number of carbonyl (C=O) groups is 1.